The molecule has 0 saturated heterocycles. The fourth-order valence-electron chi connectivity index (χ4n) is 9.12. The van der Waals surface area contributed by atoms with Crippen LogP contribution in [0, 0.1) is 22.7 Å². The summed E-state index contributed by atoms with van der Waals surface area (Å²) in [4.78, 5) is 27.7. The molecule has 1 aromatic carbocycles. The highest BCUT2D eigenvalue weighted by atomic mass is 16.5. The van der Waals surface area contributed by atoms with Crippen molar-refractivity contribution in [3.8, 4) is 0 Å². The van der Waals surface area contributed by atoms with Gasteiger partial charge in [0.1, 0.15) is 6.10 Å². The van der Waals surface area contributed by atoms with E-state index in [-0.39, 0.29) is 28.9 Å². The zero-order chi connectivity index (χ0) is 36.8. The number of esters is 2. The highest BCUT2D eigenvalue weighted by molar-refractivity contribution is 5.69. The summed E-state index contributed by atoms with van der Waals surface area (Å²) in [6, 6.07) is 10.9. The first-order valence-corrected chi connectivity index (χ1v) is 21.8. The van der Waals surface area contributed by atoms with Gasteiger partial charge in [0.2, 0.25) is 0 Å². The number of hydrogen-bond acceptors (Lipinski definition) is 5. The van der Waals surface area contributed by atoms with Gasteiger partial charge in [0, 0.05) is 24.8 Å². The Labute approximate surface area is 314 Å². The lowest BCUT2D eigenvalue weighted by Crippen LogP contribution is -2.38. The van der Waals surface area contributed by atoms with E-state index in [9.17, 15) is 9.59 Å². The van der Waals surface area contributed by atoms with Crippen molar-refractivity contribution in [3.63, 3.8) is 0 Å². The van der Waals surface area contributed by atoms with Gasteiger partial charge in [-0.05, 0) is 87.3 Å². The summed E-state index contributed by atoms with van der Waals surface area (Å²) in [6.45, 7) is 15.5. The molecule has 1 aromatic rings. The Bertz CT molecular complexity index is 1060. The van der Waals surface area contributed by atoms with Crippen LogP contribution < -0.4 is 0 Å². The summed E-state index contributed by atoms with van der Waals surface area (Å²) >= 11 is 0. The molecule has 2 aliphatic rings. The molecule has 2 bridgehead atoms. The number of nitrogens with zero attached hydrogens (tertiary/aromatic N) is 1. The van der Waals surface area contributed by atoms with Gasteiger partial charge in [-0.15, -0.1) is 0 Å². The van der Waals surface area contributed by atoms with Crippen molar-refractivity contribution in [2.75, 3.05) is 19.7 Å². The maximum absolute atomic E-state index is 12.7. The van der Waals surface area contributed by atoms with E-state index in [1.807, 2.05) is 0 Å². The topological polar surface area (TPSA) is 55.8 Å². The second-order valence-corrected chi connectivity index (χ2v) is 17.3. The number of rotatable bonds is 30. The minimum absolute atomic E-state index is 0.000851. The van der Waals surface area contributed by atoms with Gasteiger partial charge in [0.05, 0.1) is 6.61 Å². The quantitative estimate of drug-likeness (QED) is 0.0588. The van der Waals surface area contributed by atoms with Crippen LogP contribution in [0.2, 0.25) is 0 Å². The SMILES string of the molecule is CCCCCC(CCCCC)CCOC(=O)CCCCCCCN(CCCCCCCC(=O)O[C@@H]1C[C@@H]2CC[C@@]1(C)C2(C)C)Cc1ccccc1. The standard InChI is InChI=1S/C46H79NO4/c1-6-8-17-25-39(26-18-9-7-2)32-36-50-43(48)29-21-12-10-14-23-34-47(38-40-27-19-16-20-28-40)35-24-15-11-13-22-30-44(49)51-42-37-41-31-33-46(42,5)45(41,3)4/h16,19-20,27-28,39,41-42H,6-15,17-18,21-26,29-38H2,1-5H3/t41-,42+,46+/m0/s1. The number of carbonyl (C=O) groups excluding carboxylic acids is 2. The average Bonchev–Trinajstić information content (AvgIpc) is 3.45. The molecule has 0 spiro atoms. The summed E-state index contributed by atoms with van der Waals surface area (Å²) in [6.07, 6.45) is 27.5. The largest absolute Gasteiger partial charge is 0.466 e. The molecule has 0 aromatic heterocycles. The first kappa shape index (κ1) is 43.5. The van der Waals surface area contributed by atoms with Crippen LogP contribution in [0.5, 0.6) is 0 Å². The average molecular weight is 710 g/mol. The molecule has 5 heteroatoms. The van der Waals surface area contributed by atoms with Crippen molar-refractivity contribution in [1.82, 2.24) is 4.90 Å². The Morgan fingerprint density at radius 1 is 0.725 bits per heavy atom. The third-order valence-corrected chi connectivity index (χ3v) is 13.2. The summed E-state index contributed by atoms with van der Waals surface area (Å²) < 4.78 is 11.7. The number of benzene rings is 1. The Kier molecular flexibility index (Phi) is 20.9. The lowest BCUT2D eigenvalue weighted by molar-refractivity contribution is -0.157. The smallest absolute Gasteiger partial charge is 0.306 e. The number of unbranched alkanes of at least 4 members (excludes halogenated alkanes) is 12. The van der Waals surface area contributed by atoms with Crippen molar-refractivity contribution < 1.29 is 19.1 Å². The molecule has 0 N–H and O–H groups in total. The lowest BCUT2D eigenvalue weighted by Gasteiger charge is -2.38. The van der Waals surface area contributed by atoms with Crippen molar-refractivity contribution >= 4 is 11.9 Å². The minimum atomic E-state index is -0.000851. The second kappa shape index (κ2) is 24.4. The van der Waals surface area contributed by atoms with Gasteiger partial charge in [-0.25, -0.2) is 0 Å². The molecular formula is C46H79NO4. The third kappa shape index (κ3) is 15.6. The highest BCUT2D eigenvalue weighted by Gasteiger charge is 2.62. The van der Waals surface area contributed by atoms with E-state index in [0.717, 1.165) is 58.2 Å². The van der Waals surface area contributed by atoms with Gasteiger partial charge in [-0.3, -0.25) is 14.5 Å². The van der Waals surface area contributed by atoms with Gasteiger partial charge in [-0.1, -0.05) is 155 Å². The van der Waals surface area contributed by atoms with Crippen LogP contribution in [0.15, 0.2) is 30.3 Å². The van der Waals surface area contributed by atoms with E-state index >= 15 is 0 Å². The molecule has 3 rings (SSSR count). The van der Waals surface area contributed by atoms with Crippen LogP contribution in [0.3, 0.4) is 0 Å². The van der Waals surface area contributed by atoms with Crippen molar-refractivity contribution in [2.24, 2.45) is 22.7 Å². The van der Waals surface area contributed by atoms with E-state index < -0.39 is 0 Å². The van der Waals surface area contributed by atoms with Crippen molar-refractivity contribution in [1.29, 1.82) is 0 Å². The van der Waals surface area contributed by atoms with Crippen LogP contribution in [0.1, 0.15) is 194 Å². The Morgan fingerprint density at radius 2 is 1.29 bits per heavy atom. The van der Waals surface area contributed by atoms with Crippen LogP contribution in [0.25, 0.3) is 0 Å². The van der Waals surface area contributed by atoms with Gasteiger partial charge >= 0.3 is 11.9 Å². The van der Waals surface area contributed by atoms with Gasteiger partial charge in [-0.2, -0.15) is 0 Å². The number of hydrogen-bond donors (Lipinski definition) is 0. The van der Waals surface area contributed by atoms with E-state index in [1.165, 1.54) is 108 Å². The predicted molar refractivity (Wildman–Crippen MR) is 214 cm³/mol. The van der Waals surface area contributed by atoms with Crippen LogP contribution >= 0.6 is 0 Å². The molecule has 3 atom stereocenters. The summed E-state index contributed by atoms with van der Waals surface area (Å²) in [7, 11) is 0. The molecule has 2 saturated carbocycles. The van der Waals surface area contributed by atoms with E-state index in [4.69, 9.17) is 9.47 Å². The summed E-state index contributed by atoms with van der Waals surface area (Å²) in [5.41, 5.74) is 1.82. The lowest BCUT2D eigenvalue weighted by atomic mass is 9.70. The van der Waals surface area contributed by atoms with E-state index in [2.05, 4.69) is 69.9 Å². The van der Waals surface area contributed by atoms with Crippen LogP contribution in [-0.4, -0.2) is 42.6 Å². The highest BCUT2D eigenvalue weighted by Crippen LogP contribution is 2.66. The number of ether oxygens (including phenoxy) is 2. The van der Waals surface area contributed by atoms with Crippen molar-refractivity contribution in [2.45, 2.75) is 201 Å². The van der Waals surface area contributed by atoms with Crippen molar-refractivity contribution in [3.05, 3.63) is 35.9 Å². The number of carbonyl (C=O) groups is 2. The third-order valence-electron chi connectivity index (χ3n) is 13.2. The maximum atomic E-state index is 12.7. The first-order valence-electron chi connectivity index (χ1n) is 21.8. The molecule has 51 heavy (non-hydrogen) atoms. The number of fused-ring (bicyclic) bond motifs is 2. The molecule has 0 radical (unpaired) electrons. The maximum Gasteiger partial charge on any atom is 0.306 e. The molecule has 0 amide bonds. The second-order valence-electron chi connectivity index (χ2n) is 17.3. The molecule has 0 heterocycles. The van der Waals surface area contributed by atoms with E-state index in [0.29, 0.717) is 31.3 Å². The van der Waals surface area contributed by atoms with Gasteiger partial charge < -0.3 is 9.47 Å². The monoisotopic (exact) mass is 710 g/mol. The molecule has 0 unspecified atom stereocenters. The predicted octanol–water partition coefficient (Wildman–Crippen LogP) is 12.6. The molecule has 0 aliphatic heterocycles. The van der Waals surface area contributed by atoms with Gasteiger partial charge in [0.25, 0.3) is 0 Å². The van der Waals surface area contributed by atoms with Gasteiger partial charge in [0.15, 0.2) is 0 Å². The first-order chi connectivity index (χ1) is 24.7. The zero-order valence-corrected chi connectivity index (χ0v) is 34.0. The molecule has 2 fully saturated rings. The molecule has 5 nitrogen and oxygen atoms in total. The molecule has 292 valence electrons. The van der Waals surface area contributed by atoms with Crippen LogP contribution in [0.4, 0.5) is 0 Å². The molecule has 2 aliphatic carbocycles. The zero-order valence-electron chi connectivity index (χ0n) is 34.0. The summed E-state index contributed by atoms with van der Waals surface area (Å²) in [5.74, 6) is 1.44. The van der Waals surface area contributed by atoms with E-state index in [1.54, 1.807) is 0 Å². The summed E-state index contributed by atoms with van der Waals surface area (Å²) in [5, 5.41) is 0. The fourth-order valence-corrected chi connectivity index (χ4v) is 9.12. The Balaban J connectivity index is 1.22. The van der Waals surface area contributed by atoms with Crippen LogP contribution in [-0.2, 0) is 25.6 Å². The Morgan fingerprint density at radius 3 is 1.84 bits per heavy atom. The minimum Gasteiger partial charge on any atom is -0.466 e. The normalized spacial score (nSPS) is 20.8. The Hall–Kier alpha value is -1.88. The molecular weight excluding hydrogens is 631 g/mol. The fraction of sp³-hybridized carbons (Fsp3) is 0.826.